The van der Waals surface area contributed by atoms with Crippen LogP contribution in [0.15, 0.2) is 36.5 Å². The average Bonchev–Trinajstić information content (AvgIpc) is 3.43. The van der Waals surface area contributed by atoms with Crippen molar-refractivity contribution in [1.82, 2.24) is 15.1 Å². The largest absolute Gasteiger partial charge is 0.481 e. The van der Waals surface area contributed by atoms with Gasteiger partial charge in [0.15, 0.2) is 0 Å². The second-order valence-electron chi connectivity index (χ2n) is 7.61. The number of rotatable bonds is 8. The zero-order valence-electron chi connectivity index (χ0n) is 16.1. The van der Waals surface area contributed by atoms with Gasteiger partial charge in [-0.3, -0.25) is 14.3 Å². The van der Waals surface area contributed by atoms with Gasteiger partial charge in [0, 0.05) is 18.5 Å². The Morgan fingerprint density at radius 2 is 2.00 bits per heavy atom. The fourth-order valence-electron chi connectivity index (χ4n) is 3.29. The van der Waals surface area contributed by atoms with E-state index in [9.17, 15) is 14.7 Å². The molecule has 1 heterocycles. The maximum absolute atomic E-state index is 12.9. The highest BCUT2D eigenvalue weighted by Crippen LogP contribution is 2.42. The van der Waals surface area contributed by atoms with Crippen LogP contribution in [0.1, 0.15) is 73.6 Å². The molecule has 0 spiro atoms. The Hall–Kier alpha value is -2.63. The number of hydrogen-bond acceptors (Lipinski definition) is 3. The molecule has 6 nitrogen and oxygen atoms in total. The summed E-state index contributed by atoms with van der Waals surface area (Å²) in [4.78, 5) is 24.8. The second kappa shape index (κ2) is 7.55. The lowest BCUT2D eigenvalue weighted by molar-refractivity contribution is -0.142. The third-order valence-electron chi connectivity index (χ3n) is 5.54. The number of carboxylic acids is 1. The number of carbonyl (C=O) groups excluding carboxylic acids is 1. The molecule has 27 heavy (non-hydrogen) atoms. The van der Waals surface area contributed by atoms with Crippen molar-refractivity contribution in [2.45, 2.75) is 57.4 Å². The van der Waals surface area contributed by atoms with Crippen LogP contribution in [-0.4, -0.2) is 33.3 Å². The van der Waals surface area contributed by atoms with E-state index in [1.807, 2.05) is 10.7 Å². The molecular formula is C21H27N3O3. The standard InChI is InChI=1S/C21H27N3O3/c1-4-14(2)24-18(15-10-11-15)17(12-23-24)19(25)22-13-21(3,20(26)27)16-8-6-5-7-9-16/h5-9,12,14-15H,4,10-11,13H2,1-3H3,(H,22,25)(H,26,27). The van der Waals surface area contributed by atoms with Crippen molar-refractivity contribution in [2.24, 2.45) is 0 Å². The number of nitrogens with zero attached hydrogens (tertiary/aromatic N) is 2. The first-order valence-corrected chi connectivity index (χ1v) is 9.53. The van der Waals surface area contributed by atoms with Crippen LogP contribution < -0.4 is 5.32 Å². The maximum atomic E-state index is 12.9. The Kier molecular flexibility index (Phi) is 5.35. The average molecular weight is 369 g/mol. The van der Waals surface area contributed by atoms with E-state index in [0.29, 0.717) is 17.0 Å². The number of carbonyl (C=O) groups is 2. The minimum absolute atomic E-state index is 0.0177. The van der Waals surface area contributed by atoms with E-state index in [0.717, 1.165) is 25.0 Å². The summed E-state index contributed by atoms with van der Waals surface area (Å²) in [7, 11) is 0. The molecule has 2 atom stereocenters. The van der Waals surface area contributed by atoms with E-state index in [1.54, 1.807) is 37.4 Å². The van der Waals surface area contributed by atoms with Gasteiger partial charge in [0.05, 0.1) is 17.5 Å². The van der Waals surface area contributed by atoms with Crippen LogP contribution in [0.25, 0.3) is 0 Å². The molecule has 1 fully saturated rings. The molecule has 2 unspecified atom stereocenters. The predicted octanol–water partition coefficient (Wildman–Crippen LogP) is 3.50. The Bertz CT molecular complexity index is 826. The van der Waals surface area contributed by atoms with E-state index >= 15 is 0 Å². The fourth-order valence-corrected chi connectivity index (χ4v) is 3.29. The minimum atomic E-state index is -1.19. The first-order valence-electron chi connectivity index (χ1n) is 9.53. The number of amides is 1. The topological polar surface area (TPSA) is 84.2 Å². The van der Waals surface area contributed by atoms with Gasteiger partial charge < -0.3 is 10.4 Å². The van der Waals surface area contributed by atoms with Crippen LogP contribution in [0.4, 0.5) is 0 Å². The van der Waals surface area contributed by atoms with Crippen molar-refractivity contribution >= 4 is 11.9 Å². The van der Waals surface area contributed by atoms with Crippen LogP contribution in [-0.2, 0) is 10.2 Å². The third kappa shape index (κ3) is 3.75. The molecule has 1 saturated carbocycles. The molecule has 2 aromatic rings. The van der Waals surface area contributed by atoms with Crippen molar-refractivity contribution in [3.8, 4) is 0 Å². The van der Waals surface area contributed by atoms with Crippen LogP contribution in [0.2, 0.25) is 0 Å². The molecule has 1 aromatic heterocycles. The molecule has 144 valence electrons. The lowest BCUT2D eigenvalue weighted by Gasteiger charge is -2.25. The number of benzene rings is 1. The van der Waals surface area contributed by atoms with Crippen molar-refractivity contribution in [3.63, 3.8) is 0 Å². The van der Waals surface area contributed by atoms with Crippen LogP contribution in [0.5, 0.6) is 0 Å². The summed E-state index contributed by atoms with van der Waals surface area (Å²) in [6, 6.07) is 9.23. The predicted molar refractivity (Wildman–Crippen MR) is 103 cm³/mol. The van der Waals surface area contributed by atoms with Gasteiger partial charge in [-0.1, -0.05) is 37.3 Å². The van der Waals surface area contributed by atoms with E-state index in [-0.39, 0.29) is 18.5 Å². The molecule has 0 saturated heterocycles. The zero-order valence-corrected chi connectivity index (χ0v) is 16.1. The van der Waals surface area contributed by atoms with Gasteiger partial charge in [0.2, 0.25) is 0 Å². The Morgan fingerprint density at radius 1 is 1.33 bits per heavy atom. The summed E-state index contributed by atoms with van der Waals surface area (Å²) in [5.74, 6) is -0.844. The van der Waals surface area contributed by atoms with Crippen LogP contribution in [0, 0.1) is 0 Å². The highest BCUT2D eigenvalue weighted by atomic mass is 16.4. The molecule has 1 amide bonds. The van der Waals surface area contributed by atoms with Crippen LogP contribution in [0.3, 0.4) is 0 Å². The zero-order chi connectivity index (χ0) is 19.6. The smallest absolute Gasteiger partial charge is 0.315 e. The SMILES string of the molecule is CCC(C)n1ncc(C(=O)NCC(C)(C(=O)O)c2ccccc2)c1C1CC1. The highest BCUT2D eigenvalue weighted by molar-refractivity contribution is 5.96. The second-order valence-corrected chi connectivity index (χ2v) is 7.61. The fraction of sp³-hybridized carbons (Fsp3) is 0.476. The third-order valence-corrected chi connectivity index (χ3v) is 5.54. The minimum Gasteiger partial charge on any atom is -0.481 e. The molecule has 3 rings (SSSR count). The van der Waals surface area contributed by atoms with E-state index in [2.05, 4.69) is 24.3 Å². The summed E-state index contributed by atoms with van der Waals surface area (Å²) in [5, 5.41) is 17.0. The van der Waals surface area contributed by atoms with Crippen molar-refractivity contribution < 1.29 is 14.7 Å². The summed E-state index contributed by atoms with van der Waals surface area (Å²) in [6.45, 7) is 5.84. The monoisotopic (exact) mass is 369 g/mol. The van der Waals surface area contributed by atoms with Gasteiger partial charge in [-0.05, 0) is 38.7 Å². The first kappa shape index (κ1) is 19.1. The lowest BCUT2D eigenvalue weighted by atomic mass is 9.82. The van der Waals surface area contributed by atoms with E-state index in [4.69, 9.17) is 0 Å². The van der Waals surface area contributed by atoms with Crippen molar-refractivity contribution in [1.29, 1.82) is 0 Å². The van der Waals surface area contributed by atoms with Crippen molar-refractivity contribution in [2.75, 3.05) is 6.54 Å². The first-order chi connectivity index (χ1) is 12.9. The van der Waals surface area contributed by atoms with Gasteiger partial charge in [-0.15, -0.1) is 0 Å². The molecule has 0 bridgehead atoms. The van der Waals surface area contributed by atoms with Gasteiger partial charge in [-0.2, -0.15) is 5.10 Å². The molecule has 6 heteroatoms. The molecule has 0 radical (unpaired) electrons. The summed E-state index contributed by atoms with van der Waals surface area (Å²) in [6.07, 6.45) is 4.70. The van der Waals surface area contributed by atoms with Gasteiger partial charge in [0.1, 0.15) is 5.41 Å². The Morgan fingerprint density at radius 3 is 2.56 bits per heavy atom. The van der Waals surface area contributed by atoms with Gasteiger partial charge in [-0.25, -0.2) is 0 Å². The number of aliphatic carboxylic acids is 1. The Balaban J connectivity index is 1.81. The van der Waals surface area contributed by atoms with E-state index in [1.165, 1.54) is 0 Å². The molecule has 1 aromatic carbocycles. The number of hydrogen-bond donors (Lipinski definition) is 2. The van der Waals surface area contributed by atoms with Gasteiger partial charge >= 0.3 is 5.97 Å². The quantitative estimate of drug-likeness (QED) is 0.746. The Labute approximate surface area is 159 Å². The number of carboxylic acid groups (broad SMARTS) is 1. The van der Waals surface area contributed by atoms with E-state index < -0.39 is 11.4 Å². The molecule has 0 aliphatic heterocycles. The van der Waals surface area contributed by atoms with Crippen molar-refractivity contribution in [3.05, 3.63) is 53.3 Å². The van der Waals surface area contributed by atoms with Crippen LogP contribution >= 0.6 is 0 Å². The summed E-state index contributed by atoms with van der Waals surface area (Å²) >= 11 is 0. The summed E-state index contributed by atoms with van der Waals surface area (Å²) < 4.78 is 1.96. The number of aromatic nitrogens is 2. The van der Waals surface area contributed by atoms with Gasteiger partial charge in [0.25, 0.3) is 5.91 Å². The lowest BCUT2D eigenvalue weighted by Crippen LogP contribution is -2.44. The molecular weight excluding hydrogens is 342 g/mol. The summed E-state index contributed by atoms with van der Waals surface area (Å²) in [5.41, 5.74) is 1.02. The normalized spacial score (nSPS) is 17.1. The molecule has 1 aliphatic carbocycles. The molecule has 1 aliphatic rings. The highest BCUT2D eigenvalue weighted by Gasteiger charge is 2.37. The number of nitrogens with one attached hydrogen (secondary N) is 1. The maximum Gasteiger partial charge on any atom is 0.315 e. The molecule has 2 N–H and O–H groups in total.